The van der Waals surface area contributed by atoms with E-state index in [1.54, 1.807) is 6.07 Å². The number of aromatic carboxylic acids is 1. The molecule has 0 spiro atoms. The zero-order chi connectivity index (χ0) is 15.1. The SMILES string of the molecule is CC(C)c1cc(C(=O)O)c2cc(C(C)(C)C)ccc2n1. The molecule has 1 aromatic carbocycles. The highest BCUT2D eigenvalue weighted by atomic mass is 16.4. The average molecular weight is 271 g/mol. The third-order valence-corrected chi connectivity index (χ3v) is 3.52. The molecule has 0 bridgehead atoms. The lowest BCUT2D eigenvalue weighted by Crippen LogP contribution is -2.11. The summed E-state index contributed by atoms with van der Waals surface area (Å²) < 4.78 is 0. The predicted molar refractivity (Wildman–Crippen MR) is 81.5 cm³/mol. The van der Waals surface area contributed by atoms with Crippen molar-refractivity contribution in [1.82, 2.24) is 4.98 Å². The standard InChI is InChI=1S/C17H21NO2/c1-10(2)15-9-13(16(19)20)12-8-11(17(3,4)5)6-7-14(12)18-15/h6-10H,1-5H3,(H,19,20). The Morgan fingerprint density at radius 3 is 2.35 bits per heavy atom. The summed E-state index contributed by atoms with van der Waals surface area (Å²) >= 11 is 0. The van der Waals surface area contributed by atoms with Crippen LogP contribution in [0.15, 0.2) is 24.3 Å². The monoisotopic (exact) mass is 271 g/mol. The second-order valence-corrected chi connectivity index (χ2v) is 6.54. The fourth-order valence-corrected chi connectivity index (χ4v) is 2.19. The topological polar surface area (TPSA) is 50.2 Å². The molecule has 0 aliphatic rings. The number of carbonyl (C=O) groups is 1. The predicted octanol–water partition coefficient (Wildman–Crippen LogP) is 4.35. The van der Waals surface area contributed by atoms with Gasteiger partial charge in [-0.25, -0.2) is 4.79 Å². The van der Waals surface area contributed by atoms with Crippen LogP contribution < -0.4 is 0 Å². The number of pyridine rings is 1. The Morgan fingerprint density at radius 2 is 1.85 bits per heavy atom. The van der Waals surface area contributed by atoms with Crippen LogP contribution in [0, 0.1) is 0 Å². The quantitative estimate of drug-likeness (QED) is 0.883. The van der Waals surface area contributed by atoms with Crippen molar-refractivity contribution in [3.05, 3.63) is 41.1 Å². The molecule has 2 aromatic rings. The summed E-state index contributed by atoms with van der Waals surface area (Å²) in [6.45, 7) is 10.4. The van der Waals surface area contributed by atoms with Crippen LogP contribution >= 0.6 is 0 Å². The maximum Gasteiger partial charge on any atom is 0.336 e. The van der Waals surface area contributed by atoms with Gasteiger partial charge < -0.3 is 5.11 Å². The molecule has 0 unspecified atom stereocenters. The van der Waals surface area contributed by atoms with E-state index in [2.05, 4.69) is 25.8 Å². The van der Waals surface area contributed by atoms with Gasteiger partial charge >= 0.3 is 5.97 Å². The molecular weight excluding hydrogens is 250 g/mol. The Hall–Kier alpha value is -1.90. The number of carboxylic acid groups (broad SMARTS) is 1. The number of rotatable bonds is 2. The third-order valence-electron chi connectivity index (χ3n) is 3.52. The molecule has 2 rings (SSSR count). The van der Waals surface area contributed by atoms with E-state index in [-0.39, 0.29) is 11.3 Å². The second-order valence-electron chi connectivity index (χ2n) is 6.54. The number of aromatic nitrogens is 1. The van der Waals surface area contributed by atoms with Gasteiger partial charge in [0.05, 0.1) is 11.1 Å². The Kier molecular flexibility index (Phi) is 3.55. The molecule has 0 aliphatic heterocycles. The van der Waals surface area contributed by atoms with Crippen LogP contribution in [0.25, 0.3) is 10.9 Å². The lowest BCUT2D eigenvalue weighted by Gasteiger charge is -2.20. The Bertz CT molecular complexity index is 666. The van der Waals surface area contributed by atoms with Gasteiger partial charge in [0.1, 0.15) is 0 Å². The smallest absolute Gasteiger partial charge is 0.336 e. The lowest BCUT2D eigenvalue weighted by atomic mass is 9.85. The minimum absolute atomic E-state index is 0.0132. The number of hydrogen-bond acceptors (Lipinski definition) is 2. The second kappa shape index (κ2) is 4.89. The van der Waals surface area contributed by atoms with E-state index in [1.807, 2.05) is 32.0 Å². The number of nitrogens with zero attached hydrogens (tertiary/aromatic N) is 1. The van der Waals surface area contributed by atoms with Crippen molar-refractivity contribution in [2.45, 2.75) is 46.0 Å². The number of carboxylic acids is 1. The van der Waals surface area contributed by atoms with Gasteiger partial charge in [-0.2, -0.15) is 0 Å². The van der Waals surface area contributed by atoms with Crippen LogP contribution in [0.2, 0.25) is 0 Å². The fourth-order valence-electron chi connectivity index (χ4n) is 2.19. The molecule has 0 fully saturated rings. The van der Waals surface area contributed by atoms with Crippen molar-refractivity contribution in [1.29, 1.82) is 0 Å². The third kappa shape index (κ3) is 2.67. The highest BCUT2D eigenvalue weighted by Gasteiger charge is 2.18. The van der Waals surface area contributed by atoms with Crippen LogP contribution in [0.1, 0.15) is 62.2 Å². The van der Waals surface area contributed by atoms with E-state index in [9.17, 15) is 9.90 Å². The van der Waals surface area contributed by atoms with Gasteiger partial charge in [0.15, 0.2) is 0 Å². The number of benzene rings is 1. The summed E-state index contributed by atoms with van der Waals surface area (Å²) in [5.74, 6) is -0.690. The normalized spacial score (nSPS) is 12.1. The summed E-state index contributed by atoms with van der Waals surface area (Å²) in [6.07, 6.45) is 0. The maximum absolute atomic E-state index is 11.5. The van der Waals surface area contributed by atoms with Crippen molar-refractivity contribution in [2.24, 2.45) is 0 Å². The first kappa shape index (κ1) is 14.5. The maximum atomic E-state index is 11.5. The summed E-state index contributed by atoms with van der Waals surface area (Å²) in [4.78, 5) is 16.1. The average Bonchev–Trinajstić information content (AvgIpc) is 2.35. The summed E-state index contributed by atoms with van der Waals surface area (Å²) in [5, 5.41) is 10.2. The van der Waals surface area contributed by atoms with Gasteiger partial charge in [-0.05, 0) is 35.1 Å². The minimum Gasteiger partial charge on any atom is -0.478 e. The molecule has 1 N–H and O–H groups in total. The number of fused-ring (bicyclic) bond motifs is 1. The number of hydrogen-bond donors (Lipinski definition) is 1. The van der Waals surface area contributed by atoms with Gasteiger partial charge in [0, 0.05) is 11.1 Å². The van der Waals surface area contributed by atoms with E-state index < -0.39 is 5.97 Å². The molecule has 0 saturated heterocycles. The Balaban J connectivity index is 2.77. The molecule has 106 valence electrons. The summed E-state index contributed by atoms with van der Waals surface area (Å²) in [6, 6.07) is 7.61. The first-order valence-electron chi connectivity index (χ1n) is 6.88. The van der Waals surface area contributed by atoms with Gasteiger partial charge in [0.2, 0.25) is 0 Å². The first-order chi connectivity index (χ1) is 9.20. The molecule has 0 amide bonds. The summed E-state index contributed by atoms with van der Waals surface area (Å²) in [7, 11) is 0. The van der Waals surface area contributed by atoms with Crippen LogP contribution in [-0.2, 0) is 5.41 Å². The zero-order valence-electron chi connectivity index (χ0n) is 12.7. The van der Waals surface area contributed by atoms with Crippen LogP contribution in [0.4, 0.5) is 0 Å². The van der Waals surface area contributed by atoms with E-state index in [0.717, 1.165) is 16.8 Å². The van der Waals surface area contributed by atoms with Gasteiger partial charge in [0.25, 0.3) is 0 Å². The van der Waals surface area contributed by atoms with Crippen LogP contribution in [0.5, 0.6) is 0 Å². The molecule has 3 nitrogen and oxygen atoms in total. The van der Waals surface area contributed by atoms with Crippen molar-refractivity contribution in [3.63, 3.8) is 0 Å². The Labute approximate surface area is 119 Å². The summed E-state index contributed by atoms with van der Waals surface area (Å²) in [5.41, 5.74) is 3.01. The molecule has 3 heteroatoms. The molecule has 0 aliphatic carbocycles. The molecular formula is C17H21NO2. The van der Waals surface area contributed by atoms with Gasteiger partial charge in [-0.3, -0.25) is 4.98 Å². The molecule has 1 heterocycles. The zero-order valence-corrected chi connectivity index (χ0v) is 12.7. The minimum atomic E-state index is -0.898. The molecule has 0 radical (unpaired) electrons. The van der Waals surface area contributed by atoms with E-state index in [4.69, 9.17) is 0 Å². The van der Waals surface area contributed by atoms with Gasteiger partial charge in [-0.1, -0.05) is 40.7 Å². The first-order valence-corrected chi connectivity index (χ1v) is 6.88. The van der Waals surface area contributed by atoms with E-state index in [0.29, 0.717) is 10.9 Å². The molecule has 0 saturated carbocycles. The van der Waals surface area contributed by atoms with Crippen molar-refractivity contribution in [2.75, 3.05) is 0 Å². The highest BCUT2D eigenvalue weighted by Crippen LogP contribution is 2.28. The van der Waals surface area contributed by atoms with Crippen molar-refractivity contribution < 1.29 is 9.90 Å². The Morgan fingerprint density at radius 1 is 1.20 bits per heavy atom. The lowest BCUT2D eigenvalue weighted by molar-refractivity contribution is 0.0699. The van der Waals surface area contributed by atoms with Crippen LogP contribution in [0.3, 0.4) is 0 Å². The largest absolute Gasteiger partial charge is 0.478 e. The van der Waals surface area contributed by atoms with Crippen molar-refractivity contribution in [3.8, 4) is 0 Å². The molecule has 0 atom stereocenters. The van der Waals surface area contributed by atoms with Crippen LogP contribution in [-0.4, -0.2) is 16.1 Å². The van der Waals surface area contributed by atoms with E-state index >= 15 is 0 Å². The molecule has 20 heavy (non-hydrogen) atoms. The highest BCUT2D eigenvalue weighted by molar-refractivity contribution is 6.02. The van der Waals surface area contributed by atoms with Crippen molar-refractivity contribution >= 4 is 16.9 Å². The van der Waals surface area contributed by atoms with Gasteiger partial charge in [-0.15, -0.1) is 0 Å². The molecule has 1 aromatic heterocycles. The van der Waals surface area contributed by atoms with E-state index in [1.165, 1.54) is 0 Å². The fraction of sp³-hybridized carbons (Fsp3) is 0.412.